The van der Waals surface area contributed by atoms with E-state index in [1.54, 1.807) is 0 Å². The molecule has 0 aliphatic carbocycles. The SMILES string of the molecule is Nc1nc2n(n1)[C@@H](c1ccccc1Cl)C[C@H](c1ccccc1)N2. The molecule has 0 amide bonds. The number of nitrogen functional groups attached to an aromatic ring is 1. The van der Waals surface area contributed by atoms with Crippen molar-refractivity contribution >= 4 is 23.5 Å². The van der Waals surface area contributed by atoms with E-state index in [4.69, 9.17) is 17.3 Å². The Morgan fingerprint density at radius 3 is 2.61 bits per heavy atom. The lowest BCUT2D eigenvalue weighted by Gasteiger charge is -2.32. The highest BCUT2D eigenvalue weighted by Crippen LogP contribution is 2.39. The number of hydrogen-bond acceptors (Lipinski definition) is 4. The summed E-state index contributed by atoms with van der Waals surface area (Å²) >= 11 is 6.41. The molecule has 2 aromatic carbocycles. The second-order valence-electron chi connectivity index (χ2n) is 5.62. The Morgan fingerprint density at radius 1 is 1.09 bits per heavy atom. The van der Waals surface area contributed by atoms with Gasteiger partial charge < -0.3 is 11.1 Å². The van der Waals surface area contributed by atoms with E-state index in [0.29, 0.717) is 5.95 Å². The molecule has 1 aliphatic rings. The lowest BCUT2D eigenvalue weighted by atomic mass is 9.93. The molecule has 1 aromatic heterocycles. The average Bonchev–Trinajstić information content (AvgIpc) is 2.95. The minimum Gasteiger partial charge on any atom is -0.366 e. The van der Waals surface area contributed by atoms with Gasteiger partial charge in [-0.3, -0.25) is 0 Å². The molecule has 0 fully saturated rings. The van der Waals surface area contributed by atoms with Crippen LogP contribution in [0.4, 0.5) is 11.9 Å². The highest BCUT2D eigenvalue weighted by atomic mass is 35.5. The number of benzene rings is 2. The fraction of sp³-hybridized carbons (Fsp3) is 0.176. The number of fused-ring (bicyclic) bond motifs is 1. The van der Waals surface area contributed by atoms with Crippen LogP contribution < -0.4 is 11.1 Å². The van der Waals surface area contributed by atoms with Gasteiger partial charge in [0, 0.05) is 5.02 Å². The standard InChI is InChI=1S/C17H16ClN5/c18-13-9-5-4-8-12(13)15-10-14(11-6-2-1-3-7-11)20-17-21-16(19)22-23(15)17/h1-9,14-15H,10H2,(H3,19,20,21,22)/t14-,15-/m1/s1. The molecule has 0 saturated heterocycles. The van der Waals surface area contributed by atoms with Crippen molar-refractivity contribution < 1.29 is 0 Å². The van der Waals surface area contributed by atoms with E-state index in [-0.39, 0.29) is 18.0 Å². The summed E-state index contributed by atoms with van der Waals surface area (Å²) < 4.78 is 1.83. The van der Waals surface area contributed by atoms with Gasteiger partial charge >= 0.3 is 0 Å². The molecule has 3 aromatic rings. The van der Waals surface area contributed by atoms with Crippen molar-refractivity contribution in [2.45, 2.75) is 18.5 Å². The largest absolute Gasteiger partial charge is 0.366 e. The third kappa shape index (κ3) is 2.53. The molecule has 0 radical (unpaired) electrons. The van der Waals surface area contributed by atoms with Crippen molar-refractivity contribution in [2.75, 3.05) is 11.1 Å². The van der Waals surface area contributed by atoms with E-state index in [1.807, 2.05) is 47.1 Å². The summed E-state index contributed by atoms with van der Waals surface area (Å²) in [5.41, 5.74) is 8.04. The fourth-order valence-electron chi connectivity index (χ4n) is 3.10. The van der Waals surface area contributed by atoms with Crippen LogP contribution in [0.2, 0.25) is 5.02 Å². The van der Waals surface area contributed by atoms with E-state index < -0.39 is 0 Å². The van der Waals surface area contributed by atoms with Crippen LogP contribution in [-0.2, 0) is 0 Å². The number of nitrogens with zero attached hydrogens (tertiary/aromatic N) is 3. The van der Waals surface area contributed by atoms with Crippen LogP contribution in [0.3, 0.4) is 0 Å². The third-order valence-electron chi connectivity index (χ3n) is 4.17. The monoisotopic (exact) mass is 325 g/mol. The highest BCUT2D eigenvalue weighted by molar-refractivity contribution is 6.31. The number of rotatable bonds is 2. The highest BCUT2D eigenvalue weighted by Gasteiger charge is 2.31. The second-order valence-corrected chi connectivity index (χ2v) is 6.03. The molecule has 0 spiro atoms. The predicted octanol–water partition coefficient (Wildman–Crippen LogP) is 3.66. The molecular formula is C17H16ClN5. The molecule has 23 heavy (non-hydrogen) atoms. The van der Waals surface area contributed by atoms with Gasteiger partial charge in [0.25, 0.3) is 0 Å². The number of hydrogen-bond donors (Lipinski definition) is 2. The Kier molecular flexibility index (Phi) is 3.42. The molecule has 0 saturated carbocycles. The lowest BCUT2D eigenvalue weighted by molar-refractivity contribution is 0.431. The molecule has 1 aliphatic heterocycles. The maximum atomic E-state index is 6.41. The van der Waals surface area contributed by atoms with Crippen LogP contribution in [0.25, 0.3) is 0 Å². The minimum atomic E-state index is -0.00467. The molecule has 116 valence electrons. The molecule has 0 unspecified atom stereocenters. The van der Waals surface area contributed by atoms with Crippen LogP contribution in [0.15, 0.2) is 54.6 Å². The van der Waals surface area contributed by atoms with Gasteiger partial charge in [-0.1, -0.05) is 60.1 Å². The van der Waals surface area contributed by atoms with Gasteiger partial charge in [-0.25, -0.2) is 4.68 Å². The Bertz CT molecular complexity index is 830. The van der Waals surface area contributed by atoms with Gasteiger partial charge in [0.2, 0.25) is 11.9 Å². The molecule has 2 heterocycles. The summed E-state index contributed by atoms with van der Waals surface area (Å²) in [7, 11) is 0. The topological polar surface area (TPSA) is 68.8 Å². The Morgan fingerprint density at radius 2 is 1.83 bits per heavy atom. The summed E-state index contributed by atoms with van der Waals surface area (Å²) in [6.45, 7) is 0. The van der Waals surface area contributed by atoms with E-state index in [1.165, 1.54) is 5.56 Å². The fourth-order valence-corrected chi connectivity index (χ4v) is 3.36. The summed E-state index contributed by atoms with van der Waals surface area (Å²) in [5, 5.41) is 8.49. The van der Waals surface area contributed by atoms with Crippen molar-refractivity contribution in [1.82, 2.24) is 14.8 Å². The first kappa shape index (κ1) is 14.1. The zero-order valence-corrected chi connectivity index (χ0v) is 13.1. The minimum absolute atomic E-state index is 0.00467. The maximum Gasteiger partial charge on any atom is 0.241 e. The summed E-state index contributed by atoms with van der Waals surface area (Å²) in [6, 6.07) is 18.3. The van der Waals surface area contributed by atoms with Crippen molar-refractivity contribution in [3.05, 3.63) is 70.7 Å². The van der Waals surface area contributed by atoms with Crippen LogP contribution in [-0.4, -0.2) is 14.8 Å². The number of nitrogens with two attached hydrogens (primary N) is 1. The molecule has 6 heteroatoms. The Labute approximate surface area is 139 Å². The average molecular weight is 326 g/mol. The Hall–Kier alpha value is -2.53. The van der Waals surface area contributed by atoms with Crippen molar-refractivity contribution in [1.29, 1.82) is 0 Å². The van der Waals surface area contributed by atoms with E-state index >= 15 is 0 Å². The third-order valence-corrected chi connectivity index (χ3v) is 4.52. The smallest absolute Gasteiger partial charge is 0.241 e. The van der Waals surface area contributed by atoms with Crippen LogP contribution >= 0.6 is 11.6 Å². The lowest BCUT2D eigenvalue weighted by Crippen LogP contribution is -2.28. The van der Waals surface area contributed by atoms with Crippen LogP contribution in [0.1, 0.15) is 29.6 Å². The normalized spacial score (nSPS) is 19.9. The zero-order chi connectivity index (χ0) is 15.8. The van der Waals surface area contributed by atoms with E-state index in [9.17, 15) is 0 Å². The van der Waals surface area contributed by atoms with Crippen LogP contribution in [0.5, 0.6) is 0 Å². The first-order chi connectivity index (χ1) is 11.2. The van der Waals surface area contributed by atoms with Crippen molar-refractivity contribution in [3.8, 4) is 0 Å². The number of nitrogens with one attached hydrogen (secondary N) is 1. The van der Waals surface area contributed by atoms with Gasteiger partial charge in [-0.15, -0.1) is 5.10 Å². The van der Waals surface area contributed by atoms with Gasteiger partial charge in [-0.2, -0.15) is 4.98 Å². The van der Waals surface area contributed by atoms with Crippen molar-refractivity contribution in [3.63, 3.8) is 0 Å². The van der Waals surface area contributed by atoms with Gasteiger partial charge in [0.1, 0.15) is 0 Å². The van der Waals surface area contributed by atoms with E-state index in [2.05, 4.69) is 27.5 Å². The van der Waals surface area contributed by atoms with Gasteiger partial charge in [0.15, 0.2) is 0 Å². The quantitative estimate of drug-likeness (QED) is 0.754. The summed E-state index contributed by atoms with van der Waals surface area (Å²) in [4.78, 5) is 4.31. The van der Waals surface area contributed by atoms with Crippen molar-refractivity contribution in [2.24, 2.45) is 0 Å². The number of aromatic nitrogens is 3. The molecule has 4 rings (SSSR count). The summed E-state index contributed by atoms with van der Waals surface area (Å²) in [5.74, 6) is 0.936. The predicted molar refractivity (Wildman–Crippen MR) is 91.4 cm³/mol. The van der Waals surface area contributed by atoms with Crippen LogP contribution in [0, 0.1) is 0 Å². The zero-order valence-electron chi connectivity index (χ0n) is 12.4. The first-order valence-electron chi connectivity index (χ1n) is 7.50. The van der Waals surface area contributed by atoms with Gasteiger partial charge in [-0.05, 0) is 23.6 Å². The van der Waals surface area contributed by atoms with E-state index in [0.717, 1.165) is 17.0 Å². The maximum absolute atomic E-state index is 6.41. The number of anilines is 2. The van der Waals surface area contributed by atoms with Gasteiger partial charge in [0.05, 0.1) is 12.1 Å². The molecule has 0 bridgehead atoms. The molecule has 2 atom stereocenters. The molecular weight excluding hydrogens is 310 g/mol. The summed E-state index contributed by atoms with van der Waals surface area (Å²) in [6.07, 6.45) is 0.823. The molecule has 5 nitrogen and oxygen atoms in total. The number of halogens is 1. The Balaban J connectivity index is 1.80. The second kappa shape index (κ2) is 5.59. The first-order valence-corrected chi connectivity index (χ1v) is 7.88. The molecule has 3 N–H and O–H groups in total.